The van der Waals surface area contributed by atoms with E-state index in [-0.39, 0.29) is 0 Å². The lowest BCUT2D eigenvalue weighted by Crippen LogP contribution is -2.53. The van der Waals surface area contributed by atoms with Crippen molar-refractivity contribution < 1.29 is 0 Å². The van der Waals surface area contributed by atoms with Crippen molar-refractivity contribution in [2.45, 2.75) is 86.2 Å². The maximum atomic E-state index is 4.61. The highest BCUT2D eigenvalue weighted by molar-refractivity contribution is 5.93. The van der Waals surface area contributed by atoms with Crippen LogP contribution in [0.15, 0.2) is 16.6 Å². The molecule has 21 heavy (non-hydrogen) atoms. The van der Waals surface area contributed by atoms with Crippen molar-refractivity contribution >= 4 is 5.84 Å². The summed E-state index contributed by atoms with van der Waals surface area (Å²) in [6, 6.07) is 1.11. The Labute approximate surface area is 132 Å². The number of nitrogens with zero attached hydrogens (tertiary/aromatic N) is 2. The number of allylic oxidation sites excluding steroid dienone is 1. The van der Waals surface area contributed by atoms with Gasteiger partial charge in [-0.1, -0.05) is 39.2 Å². The highest BCUT2D eigenvalue weighted by Crippen LogP contribution is 2.44. The molecule has 0 heterocycles. The molecule has 2 unspecified atom stereocenters. The summed E-state index contributed by atoms with van der Waals surface area (Å²) in [5.74, 6) is 1.90. The topological polar surface area (TPSA) is 15.6 Å². The van der Waals surface area contributed by atoms with E-state index in [9.17, 15) is 0 Å². The van der Waals surface area contributed by atoms with Crippen LogP contribution in [-0.2, 0) is 0 Å². The van der Waals surface area contributed by atoms with Gasteiger partial charge in [0.2, 0.25) is 0 Å². The summed E-state index contributed by atoms with van der Waals surface area (Å²) in [6.45, 7) is 16.2. The molecule has 1 fully saturated rings. The van der Waals surface area contributed by atoms with Crippen molar-refractivity contribution in [3.05, 3.63) is 11.6 Å². The quantitative estimate of drug-likeness (QED) is 0.507. The molecule has 122 valence electrons. The predicted molar refractivity (Wildman–Crippen MR) is 95.0 cm³/mol. The van der Waals surface area contributed by atoms with Crippen LogP contribution in [-0.4, -0.2) is 29.9 Å². The molecule has 0 amide bonds. The average molecular weight is 293 g/mol. The summed E-state index contributed by atoms with van der Waals surface area (Å²) in [4.78, 5) is 7.19. The number of hydrogen-bond acceptors (Lipinski definition) is 1. The Morgan fingerprint density at radius 1 is 1.33 bits per heavy atom. The minimum Gasteiger partial charge on any atom is -0.351 e. The summed E-state index contributed by atoms with van der Waals surface area (Å²) >= 11 is 0. The average Bonchev–Trinajstić information content (AvgIpc) is 2.36. The summed E-state index contributed by atoms with van der Waals surface area (Å²) in [6.07, 6.45) is 7.50. The van der Waals surface area contributed by atoms with Gasteiger partial charge in [0.25, 0.3) is 0 Å². The van der Waals surface area contributed by atoms with Crippen molar-refractivity contribution in [2.75, 3.05) is 7.05 Å². The van der Waals surface area contributed by atoms with Gasteiger partial charge in [-0.05, 0) is 57.9 Å². The SMILES string of the molecule is CCC1C(N(C(C=C(C)C)=NC)C(C)C)CCCC1(C)C. The van der Waals surface area contributed by atoms with E-state index in [1.807, 2.05) is 7.05 Å². The van der Waals surface area contributed by atoms with E-state index < -0.39 is 0 Å². The van der Waals surface area contributed by atoms with Crippen LogP contribution in [0.3, 0.4) is 0 Å². The monoisotopic (exact) mass is 292 g/mol. The third-order valence-corrected chi connectivity index (χ3v) is 5.05. The van der Waals surface area contributed by atoms with Crippen molar-refractivity contribution in [1.29, 1.82) is 0 Å². The fraction of sp³-hybridized carbons (Fsp3) is 0.842. The predicted octanol–water partition coefficient (Wildman–Crippen LogP) is 5.30. The maximum Gasteiger partial charge on any atom is 0.123 e. The van der Waals surface area contributed by atoms with E-state index in [4.69, 9.17) is 0 Å². The second-order valence-corrected chi connectivity index (χ2v) is 7.77. The molecule has 1 rings (SSSR count). The van der Waals surface area contributed by atoms with Crippen LogP contribution in [0.25, 0.3) is 0 Å². The summed E-state index contributed by atoms with van der Waals surface area (Å²) in [5, 5.41) is 0. The molecule has 0 saturated heterocycles. The Bertz CT molecular complexity index is 386. The lowest BCUT2D eigenvalue weighted by Gasteiger charge is -2.50. The van der Waals surface area contributed by atoms with E-state index in [0.717, 1.165) is 11.8 Å². The zero-order valence-corrected chi connectivity index (χ0v) is 15.5. The van der Waals surface area contributed by atoms with Gasteiger partial charge in [0.05, 0.1) is 0 Å². The Hall–Kier alpha value is -0.790. The minimum atomic E-state index is 0.439. The highest BCUT2D eigenvalue weighted by atomic mass is 15.2. The van der Waals surface area contributed by atoms with Gasteiger partial charge in [-0.25, -0.2) is 0 Å². The molecule has 1 saturated carbocycles. The third kappa shape index (κ3) is 4.34. The lowest BCUT2D eigenvalue weighted by molar-refractivity contribution is 0.0404. The minimum absolute atomic E-state index is 0.439. The fourth-order valence-corrected chi connectivity index (χ4v) is 4.16. The summed E-state index contributed by atoms with van der Waals surface area (Å²) in [7, 11) is 1.93. The molecule has 1 aliphatic carbocycles. The van der Waals surface area contributed by atoms with Crippen molar-refractivity contribution in [3.8, 4) is 0 Å². The molecule has 0 aliphatic heterocycles. The van der Waals surface area contributed by atoms with Gasteiger partial charge in [-0.3, -0.25) is 4.99 Å². The van der Waals surface area contributed by atoms with Gasteiger partial charge in [0, 0.05) is 19.1 Å². The number of rotatable bonds is 4. The fourth-order valence-electron chi connectivity index (χ4n) is 4.16. The molecule has 0 aromatic carbocycles. The molecule has 0 aromatic rings. The molecule has 0 spiro atoms. The van der Waals surface area contributed by atoms with E-state index >= 15 is 0 Å². The van der Waals surface area contributed by atoms with E-state index in [0.29, 0.717) is 17.5 Å². The van der Waals surface area contributed by atoms with Crippen LogP contribution in [0.2, 0.25) is 0 Å². The second-order valence-electron chi connectivity index (χ2n) is 7.77. The first kappa shape index (κ1) is 18.3. The lowest BCUT2D eigenvalue weighted by atomic mass is 9.64. The molecule has 2 atom stereocenters. The zero-order valence-electron chi connectivity index (χ0n) is 15.5. The van der Waals surface area contributed by atoms with Crippen LogP contribution < -0.4 is 0 Å². The van der Waals surface area contributed by atoms with Crippen molar-refractivity contribution in [1.82, 2.24) is 4.90 Å². The first-order valence-electron chi connectivity index (χ1n) is 8.64. The van der Waals surface area contributed by atoms with Crippen LogP contribution >= 0.6 is 0 Å². The molecule has 2 heteroatoms. The Morgan fingerprint density at radius 2 is 1.95 bits per heavy atom. The van der Waals surface area contributed by atoms with E-state index in [1.54, 1.807) is 0 Å². The van der Waals surface area contributed by atoms with Crippen molar-refractivity contribution in [2.24, 2.45) is 16.3 Å². The van der Waals surface area contributed by atoms with Gasteiger partial charge in [0.15, 0.2) is 0 Å². The first-order valence-corrected chi connectivity index (χ1v) is 8.64. The molecular formula is C19H36N2. The largest absolute Gasteiger partial charge is 0.351 e. The van der Waals surface area contributed by atoms with Crippen LogP contribution in [0.1, 0.15) is 74.1 Å². The zero-order chi connectivity index (χ0) is 16.2. The number of aliphatic imine (C=N–C) groups is 1. The molecular weight excluding hydrogens is 256 g/mol. The molecule has 0 bridgehead atoms. The van der Waals surface area contributed by atoms with Crippen LogP contribution in [0.4, 0.5) is 0 Å². The van der Waals surface area contributed by atoms with Gasteiger partial charge in [-0.15, -0.1) is 0 Å². The maximum absolute atomic E-state index is 4.61. The van der Waals surface area contributed by atoms with Gasteiger partial charge < -0.3 is 4.90 Å². The van der Waals surface area contributed by atoms with Crippen molar-refractivity contribution in [3.63, 3.8) is 0 Å². The number of hydrogen-bond donors (Lipinski definition) is 0. The normalized spacial score (nSPS) is 25.9. The number of amidine groups is 1. The highest BCUT2D eigenvalue weighted by Gasteiger charge is 2.41. The Kier molecular flexibility index (Phi) is 6.49. The first-order chi connectivity index (χ1) is 9.74. The molecule has 0 aromatic heterocycles. The summed E-state index contributed by atoms with van der Waals surface area (Å²) < 4.78 is 0. The smallest absolute Gasteiger partial charge is 0.123 e. The standard InChI is InChI=1S/C19H36N2/c1-9-16-17(11-10-12-19(16,6)7)21(15(4)5)18(20-8)13-14(2)3/h13,15-17H,9-12H2,1-8H3. The van der Waals surface area contributed by atoms with E-state index in [2.05, 4.69) is 64.4 Å². The van der Waals surface area contributed by atoms with Gasteiger partial charge in [0.1, 0.15) is 5.84 Å². The molecule has 0 radical (unpaired) electrons. The molecule has 1 aliphatic rings. The molecule has 0 N–H and O–H groups in total. The van der Waals surface area contributed by atoms with E-state index in [1.165, 1.54) is 31.3 Å². The Balaban J connectivity index is 3.17. The van der Waals surface area contributed by atoms with Crippen LogP contribution in [0.5, 0.6) is 0 Å². The summed E-state index contributed by atoms with van der Waals surface area (Å²) in [5.41, 5.74) is 1.76. The van der Waals surface area contributed by atoms with Gasteiger partial charge >= 0.3 is 0 Å². The third-order valence-electron chi connectivity index (χ3n) is 5.05. The Morgan fingerprint density at radius 3 is 2.38 bits per heavy atom. The second kappa shape index (κ2) is 7.47. The van der Waals surface area contributed by atoms with Crippen LogP contribution in [0, 0.1) is 11.3 Å². The molecule has 2 nitrogen and oxygen atoms in total. The van der Waals surface area contributed by atoms with Gasteiger partial charge in [-0.2, -0.15) is 0 Å².